The standard InChI is InChI=1S/C12H24N2O2S2/c1-4-6-12(7-5-2,10(13)17)11(15)14-8-9-18(3)16/h4-9H2,1-3H3,(H2,13,17)(H,14,15). The minimum absolute atomic E-state index is 0.121. The van der Waals surface area contributed by atoms with Crippen LogP contribution in [0.4, 0.5) is 0 Å². The van der Waals surface area contributed by atoms with Crippen LogP contribution < -0.4 is 11.1 Å². The number of rotatable bonds is 9. The van der Waals surface area contributed by atoms with Crippen LogP contribution in [0.1, 0.15) is 39.5 Å². The lowest BCUT2D eigenvalue weighted by atomic mass is 9.78. The Morgan fingerprint density at radius 3 is 2.17 bits per heavy atom. The van der Waals surface area contributed by atoms with Crippen molar-refractivity contribution < 1.29 is 9.00 Å². The predicted octanol–water partition coefficient (Wildman–Crippen LogP) is 1.35. The van der Waals surface area contributed by atoms with Crippen molar-refractivity contribution in [1.82, 2.24) is 5.32 Å². The second-order valence-corrected chi connectivity index (χ2v) is 6.47. The summed E-state index contributed by atoms with van der Waals surface area (Å²) < 4.78 is 11.0. The lowest BCUT2D eigenvalue weighted by molar-refractivity contribution is -0.128. The maximum Gasteiger partial charge on any atom is 0.233 e. The van der Waals surface area contributed by atoms with Crippen LogP contribution in [0.5, 0.6) is 0 Å². The molecule has 0 aliphatic rings. The van der Waals surface area contributed by atoms with Gasteiger partial charge in [0, 0.05) is 29.4 Å². The van der Waals surface area contributed by atoms with Crippen molar-refractivity contribution in [3.63, 3.8) is 0 Å². The highest BCUT2D eigenvalue weighted by Gasteiger charge is 2.39. The van der Waals surface area contributed by atoms with Crippen LogP contribution >= 0.6 is 12.2 Å². The second-order valence-electron chi connectivity index (χ2n) is 4.48. The van der Waals surface area contributed by atoms with E-state index >= 15 is 0 Å². The van der Waals surface area contributed by atoms with Gasteiger partial charge in [0.2, 0.25) is 5.91 Å². The van der Waals surface area contributed by atoms with Crippen molar-refractivity contribution >= 4 is 33.9 Å². The molecule has 6 heteroatoms. The summed E-state index contributed by atoms with van der Waals surface area (Å²) in [6, 6.07) is 0. The zero-order chi connectivity index (χ0) is 14.2. The molecule has 0 fully saturated rings. The second kappa shape index (κ2) is 8.58. The Balaban J connectivity index is 4.76. The van der Waals surface area contributed by atoms with Gasteiger partial charge in [-0.3, -0.25) is 9.00 Å². The zero-order valence-corrected chi connectivity index (χ0v) is 13.1. The van der Waals surface area contributed by atoms with Crippen LogP contribution in [-0.2, 0) is 15.6 Å². The molecule has 0 rings (SSSR count). The summed E-state index contributed by atoms with van der Waals surface area (Å²) in [4.78, 5) is 12.6. The molecule has 0 aliphatic heterocycles. The van der Waals surface area contributed by atoms with Gasteiger partial charge in [-0.2, -0.15) is 0 Å². The largest absolute Gasteiger partial charge is 0.392 e. The Morgan fingerprint density at radius 2 is 1.83 bits per heavy atom. The van der Waals surface area contributed by atoms with E-state index in [9.17, 15) is 9.00 Å². The molecular formula is C12H24N2O2S2. The van der Waals surface area contributed by atoms with Crippen LogP contribution in [0.25, 0.3) is 0 Å². The third kappa shape index (κ3) is 5.02. The van der Waals surface area contributed by atoms with Crippen LogP contribution in [0.2, 0.25) is 0 Å². The molecule has 1 amide bonds. The molecule has 1 atom stereocenters. The molecule has 0 heterocycles. The Kier molecular flexibility index (Phi) is 8.35. The van der Waals surface area contributed by atoms with Gasteiger partial charge in [0.15, 0.2) is 0 Å². The van der Waals surface area contributed by atoms with Gasteiger partial charge >= 0.3 is 0 Å². The number of carbonyl (C=O) groups is 1. The van der Waals surface area contributed by atoms with Crippen LogP contribution in [0, 0.1) is 5.41 Å². The number of carbonyl (C=O) groups excluding carboxylic acids is 1. The minimum atomic E-state index is -0.906. The number of nitrogens with two attached hydrogens (primary N) is 1. The molecule has 0 saturated carbocycles. The Labute approximate surface area is 118 Å². The topological polar surface area (TPSA) is 72.2 Å². The van der Waals surface area contributed by atoms with Gasteiger partial charge in [0.05, 0.1) is 10.4 Å². The molecule has 4 nitrogen and oxygen atoms in total. The molecule has 0 aromatic carbocycles. The van der Waals surface area contributed by atoms with Crippen molar-refractivity contribution in [2.24, 2.45) is 11.1 Å². The first-order valence-corrected chi connectivity index (χ1v) is 8.42. The normalized spacial score (nSPS) is 13.1. The summed E-state index contributed by atoms with van der Waals surface area (Å²) in [6.07, 6.45) is 4.65. The highest BCUT2D eigenvalue weighted by Crippen LogP contribution is 2.30. The SMILES string of the molecule is CCCC(CCC)(C(=O)NCCS(C)=O)C(N)=S. The Bertz CT molecular complexity index is 313. The fourth-order valence-corrected chi connectivity index (χ4v) is 2.73. The molecule has 18 heavy (non-hydrogen) atoms. The van der Waals surface area contributed by atoms with Gasteiger partial charge in [0.25, 0.3) is 0 Å². The molecule has 0 bridgehead atoms. The fraction of sp³-hybridized carbons (Fsp3) is 0.833. The molecule has 0 aromatic heterocycles. The van der Waals surface area contributed by atoms with E-state index in [-0.39, 0.29) is 10.9 Å². The van der Waals surface area contributed by atoms with Gasteiger partial charge < -0.3 is 11.1 Å². The summed E-state index contributed by atoms with van der Waals surface area (Å²) >= 11 is 5.10. The van der Waals surface area contributed by atoms with Crippen LogP contribution in [-0.4, -0.2) is 33.7 Å². The van der Waals surface area contributed by atoms with E-state index < -0.39 is 16.2 Å². The number of nitrogens with one attached hydrogen (secondary N) is 1. The molecule has 3 N–H and O–H groups in total. The molecule has 1 unspecified atom stereocenters. The van der Waals surface area contributed by atoms with Gasteiger partial charge in [0.1, 0.15) is 0 Å². The van der Waals surface area contributed by atoms with E-state index in [0.717, 1.165) is 12.8 Å². The summed E-state index contributed by atoms with van der Waals surface area (Å²) in [5, 5.41) is 2.81. The summed E-state index contributed by atoms with van der Waals surface area (Å²) in [7, 11) is -0.906. The van der Waals surface area contributed by atoms with Crippen molar-refractivity contribution in [2.75, 3.05) is 18.6 Å². The minimum Gasteiger partial charge on any atom is -0.392 e. The average molecular weight is 292 g/mol. The predicted molar refractivity (Wildman–Crippen MR) is 81.0 cm³/mol. The van der Waals surface area contributed by atoms with E-state index in [4.69, 9.17) is 18.0 Å². The molecule has 0 aromatic rings. The quantitative estimate of drug-likeness (QED) is 0.629. The number of hydrogen-bond acceptors (Lipinski definition) is 3. The number of amides is 1. The third-order valence-corrected chi connectivity index (χ3v) is 4.10. The molecule has 0 radical (unpaired) electrons. The molecule has 106 valence electrons. The number of thiocarbonyl (C=S) groups is 1. The smallest absolute Gasteiger partial charge is 0.233 e. The Morgan fingerprint density at radius 1 is 1.33 bits per heavy atom. The van der Waals surface area contributed by atoms with Crippen LogP contribution in [0.3, 0.4) is 0 Å². The van der Waals surface area contributed by atoms with Gasteiger partial charge in [-0.1, -0.05) is 38.9 Å². The highest BCUT2D eigenvalue weighted by molar-refractivity contribution is 7.84. The lowest BCUT2D eigenvalue weighted by Crippen LogP contribution is -2.49. The molecule has 0 aliphatic carbocycles. The molecule has 0 saturated heterocycles. The van der Waals surface area contributed by atoms with Crippen molar-refractivity contribution in [2.45, 2.75) is 39.5 Å². The van der Waals surface area contributed by atoms with E-state index in [2.05, 4.69) is 5.32 Å². The monoisotopic (exact) mass is 292 g/mol. The van der Waals surface area contributed by atoms with Crippen LogP contribution in [0.15, 0.2) is 0 Å². The maximum absolute atomic E-state index is 12.3. The highest BCUT2D eigenvalue weighted by atomic mass is 32.2. The van der Waals surface area contributed by atoms with Gasteiger partial charge in [-0.05, 0) is 12.8 Å². The molecule has 0 spiro atoms. The van der Waals surface area contributed by atoms with Crippen molar-refractivity contribution in [1.29, 1.82) is 0 Å². The summed E-state index contributed by atoms with van der Waals surface area (Å²) in [5.41, 5.74) is 5.04. The first kappa shape index (κ1) is 17.5. The average Bonchev–Trinajstić information content (AvgIpc) is 2.27. The summed E-state index contributed by atoms with van der Waals surface area (Å²) in [5.74, 6) is 0.335. The van der Waals surface area contributed by atoms with Crippen molar-refractivity contribution in [3.8, 4) is 0 Å². The number of hydrogen-bond donors (Lipinski definition) is 2. The molecular weight excluding hydrogens is 268 g/mol. The fourth-order valence-electron chi connectivity index (χ4n) is 2.04. The van der Waals surface area contributed by atoms with Gasteiger partial charge in [-0.15, -0.1) is 0 Å². The first-order chi connectivity index (χ1) is 8.40. The van der Waals surface area contributed by atoms with E-state index in [1.807, 2.05) is 13.8 Å². The van der Waals surface area contributed by atoms with E-state index in [0.29, 0.717) is 25.1 Å². The lowest BCUT2D eigenvalue weighted by Gasteiger charge is -2.31. The Hall–Kier alpha value is -0.490. The zero-order valence-electron chi connectivity index (χ0n) is 11.5. The first-order valence-electron chi connectivity index (χ1n) is 6.29. The maximum atomic E-state index is 12.3. The van der Waals surface area contributed by atoms with E-state index in [1.165, 1.54) is 0 Å². The van der Waals surface area contributed by atoms with Crippen molar-refractivity contribution in [3.05, 3.63) is 0 Å². The van der Waals surface area contributed by atoms with Gasteiger partial charge in [-0.25, -0.2) is 0 Å². The summed E-state index contributed by atoms with van der Waals surface area (Å²) in [6.45, 7) is 4.42. The third-order valence-electron chi connectivity index (χ3n) is 2.93. The van der Waals surface area contributed by atoms with E-state index in [1.54, 1.807) is 6.26 Å².